The van der Waals surface area contributed by atoms with Crippen molar-refractivity contribution in [2.24, 2.45) is 11.3 Å². The van der Waals surface area contributed by atoms with Gasteiger partial charge in [0, 0.05) is 4.47 Å². The van der Waals surface area contributed by atoms with Crippen molar-refractivity contribution in [2.45, 2.75) is 45.6 Å². The lowest BCUT2D eigenvalue weighted by Gasteiger charge is -2.43. The van der Waals surface area contributed by atoms with Crippen molar-refractivity contribution in [3.05, 3.63) is 27.7 Å². The van der Waals surface area contributed by atoms with Crippen LogP contribution in [0.2, 0.25) is 5.02 Å². The zero-order chi connectivity index (χ0) is 20.0. The first-order valence-electron chi connectivity index (χ1n) is 8.81. The van der Waals surface area contributed by atoms with Crippen LogP contribution in [0, 0.1) is 11.3 Å². The minimum Gasteiger partial charge on any atom is -0.424 e. The van der Waals surface area contributed by atoms with E-state index in [1.54, 1.807) is 18.2 Å². The molecular weight excluding hydrogens is 436 g/mol. The number of nitrogens with one attached hydrogen (secondary N) is 1. The molecule has 2 fully saturated rings. The summed E-state index contributed by atoms with van der Waals surface area (Å²) in [5.74, 6) is -0.598. The Balaban J connectivity index is 1.73. The molecule has 6 nitrogen and oxygen atoms in total. The Hall–Kier alpha value is -1.60. The van der Waals surface area contributed by atoms with Gasteiger partial charge in [0.05, 0.1) is 5.02 Å². The van der Waals surface area contributed by atoms with Crippen molar-refractivity contribution < 1.29 is 19.1 Å². The van der Waals surface area contributed by atoms with Gasteiger partial charge in [0.15, 0.2) is 0 Å². The Kier molecular flexibility index (Phi) is 5.29. The number of rotatable bonds is 3. The molecule has 1 aliphatic carbocycles. The third kappa shape index (κ3) is 4.14. The number of benzene rings is 1. The summed E-state index contributed by atoms with van der Waals surface area (Å²) < 4.78 is 5.98. The minimum absolute atomic E-state index is 0.0674. The zero-order valence-electron chi connectivity index (χ0n) is 15.5. The summed E-state index contributed by atoms with van der Waals surface area (Å²) in [6.07, 6.45) is 2.12. The Morgan fingerprint density at radius 3 is 2.70 bits per heavy atom. The van der Waals surface area contributed by atoms with E-state index in [0.29, 0.717) is 18.8 Å². The molecule has 1 N–H and O–H groups in total. The van der Waals surface area contributed by atoms with E-state index >= 15 is 0 Å². The molecule has 0 bridgehead atoms. The quantitative estimate of drug-likeness (QED) is 0.420. The van der Waals surface area contributed by atoms with E-state index in [0.717, 1.165) is 15.8 Å². The van der Waals surface area contributed by atoms with Crippen molar-refractivity contribution in [2.75, 3.05) is 6.54 Å². The third-order valence-electron chi connectivity index (χ3n) is 5.03. The maximum atomic E-state index is 13.0. The predicted octanol–water partition coefficient (Wildman–Crippen LogP) is 4.14. The molecule has 146 valence electrons. The van der Waals surface area contributed by atoms with Gasteiger partial charge in [-0.1, -0.05) is 48.3 Å². The van der Waals surface area contributed by atoms with E-state index in [-0.39, 0.29) is 22.1 Å². The van der Waals surface area contributed by atoms with Crippen molar-refractivity contribution >= 4 is 45.4 Å². The number of hydrogen-bond acceptors (Lipinski definition) is 4. The highest BCUT2D eigenvalue weighted by Crippen LogP contribution is 2.46. The molecule has 3 rings (SSSR count). The lowest BCUT2D eigenvalue weighted by molar-refractivity contribution is -0.142. The van der Waals surface area contributed by atoms with Gasteiger partial charge in [-0.05, 0) is 48.8 Å². The molecule has 8 heteroatoms. The highest BCUT2D eigenvalue weighted by molar-refractivity contribution is 9.10. The number of carbonyl (C=O) groups is 3. The molecule has 3 amide bonds. The lowest BCUT2D eigenvalue weighted by atomic mass is 9.64. The monoisotopic (exact) mass is 456 g/mol. The number of halogens is 2. The number of carbonyl (C=O) groups excluding carboxylic acids is 3. The molecule has 0 radical (unpaired) electrons. The summed E-state index contributed by atoms with van der Waals surface area (Å²) in [7, 11) is 0. The SMILES string of the molecule is C[C@H]1CC(C)(C)C[C@@]2(C1)NC(=O)N(CC(=O)Oc1ccc(Br)cc1Cl)C2=O. The molecule has 27 heavy (non-hydrogen) atoms. The van der Waals surface area contributed by atoms with Crippen molar-refractivity contribution in [1.29, 1.82) is 0 Å². The van der Waals surface area contributed by atoms with E-state index in [1.165, 1.54) is 0 Å². The van der Waals surface area contributed by atoms with Crippen LogP contribution in [0.4, 0.5) is 4.79 Å². The normalized spacial score (nSPS) is 27.0. The summed E-state index contributed by atoms with van der Waals surface area (Å²) in [5, 5.41) is 3.10. The molecule has 1 heterocycles. The maximum absolute atomic E-state index is 13.0. The van der Waals surface area contributed by atoms with Gasteiger partial charge in [-0.25, -0.2) is 9.59 Å². The predicted molar refractivity (Wildman–Crippen MR) is 105 cm³/mol. The van der Waals surface area contributed by atoms with Gasteiger partial charge in [-0.15, -0.1) is 0 Å². The summed E-state index contributed by atoms with van der Waals surface area (Å²) >= 11 is 9.32. The fraction of sp³-hybridized carbons (Fsp3) is 0.526. The van der Waals surface area contributed by atoms with Gasteiger partial charge in [0.25, 0.3) is 5.91 Å². The fourth-order valence-electron chi connectivity index (χ4n) is 4.49. The van der Waals surface area contributed by atoms with Gasteiger partial charge < -0.3 is 10.1 Å². The zero-order valence-corrected chi connectivity index (χ0v) is 17.8. The molecule has 2 aliphatic rings. The standard InChI is InChI=1S/C19H22BrClN2O4/c1-11-7-18(2,3)10-19(8-11)16(25)23(17(26)22-19)9-15(24)27-14-5-4-12(20)6-13(14)21/h4-6,11H,7-10H2,1-3H3,(H,22,26)/t11-,19+/m0/s1. The van der Waals surface area contributed by atoms with Gasteiger partial charge in [0.1, 0.15) is 17.8 Å². The molecule has 0 unspecified atom stereocenters. The van der Waals surface area contributed by atoms with Crippen LogP contribution in [0.1, 0.15) is 40.0 Å². The van der Waals surface area contributed by atoms with Crippen LogP contribution in [0.3, 0.4) is 0 Å². The number of nitrogens with zero attached hydrogens (tertiary/aromatic N) is 1. The molecule has 1 aromatic rings. The molecule has 1 spiro atoms. The maximum Gasteiger partial charge on any atom is 0.331 e. The van der Waals surface area contributed by atoms with E-state index in [9.17, 15) is 14.4 Å². The average Bonchev–Trinajstić information content (AvgIpc) is 2.72. The van der Waals surface area contributed by atoms with E-state index < -0.39 is 24.1 Å². The van der Waals surface area contributed by atoms with Crippen LogP contribution in [0.25, 0.3) is 0 Å². The smallest absolute Gasteiger partial charge is 0.331 e. The molecular formula is C19H22BrClN2O4. The largest absolute Gasteiger partial charge is 0.424 e. The Labute approximate surface area is 171 Å². The number of imide groups is 1. The summed E-state index contributed by atoms with van der Waals surface area (Å²) in [5.41, 5.74) is -1.00. The van der Waals surface area contributed by atoms with Crippen molar-refractivity contribution in [1.82, 2.24) is 10.2 Å². The van der Waals surface area contributed by atoms with Gasteiger partial charge in [0.2, 0.25) is 0 Å². The number of ether oxygens (including phenoxy) is 1. The Morgan fingerprint density at radius 1 is 1.37 bits per heavy atom. The topological polar surface area (TPSA) is 75.7 Å². The number of hydrogen-bond donors (Lipinski definition) is 1. The summed E-state index contributed by atoms with van der Waals surface area (Å²) in [4.78, 5) is 38.7. The molecule has 0 aromatic heterocycles. The van der Waals surface area contributed by atoms with Crippen molar-refractivity contribution in [3.63, 3.8) is 0 Å². The van der Waals surface area contributed by atoms with Crippen molar-refractivity contribution in [3.8, 4) is 5.75 Å². The second-order valence-corrected chi connectivity index (χ2v) is 9.63. The fourth-order valence-corrected chi connectivity index (χ4v) is 5.20. The van der Waals surface area contributed by atoms with Crippen LogP contribution in [0.5, 0.6) is 5.75 Å². The first kappa shape index (κ1) is 20.1. The number of esters is 1. The van der Waals surface area contributed by atoms with Crippen LogP contribution in [-0.2, 0) is 9.59 Å². The van der Waals surface area contributed by atoms with Crippen LogP contribution < -0.4 is 10.1 Å². The first-order chi connectivity index (χ1) is 12.5. The summed E-state index contributed by atoms with van der Waals surface area (Å²) in [6.45, 7) is 5.81. The first-order valence-corrected chi connectivity index (χ1v) is 9.98. The molecule has 1 aliphatic heterocycles. The van der Waals surface area contributed by atoms with Gasteiger partial charge in [-0.3, -0.25) is 9.69 Å². The highest BCUT2D eigenvalue weighted by atomic mass is 79.9. The average molecular weight is 458 g/mol. The van der Waals surface area contributed by atoms with Gasteiger partial charge in [-0.2, -0.15) is 0 Å². The van der Waals surface area contributed by atoms with Crippen LogP contribution in [-0.4, -0.2) is 34.9 Å². The lowest BCUT2D eigenvalue weighted by Crippen LogP contribution is -2.54. The summed E-state index contributed by atoms with van der Waals surface area (Å²) in [6, 6.07) is 4.27. The van der Waals surface area contributed by atoms with E-state index in [2.05, 4.69) is 42.0 Å². The van der Waals surface area contributed by atoms with Crippen LogP contribution >= 0.6 is 27.5 Å². The minimum atomic E-state index is -0.937. The molecule has 1 saturated carbocycles. The Morgan fingerprint density at radius 2 is 2.07 bits per heavy atom. The second kappa shape index (κ2) is 7.09. The van der Waals surface area contributed by atoms with Crippen LogP contribution in [0.15, 0.2) is 22.7 Å². The van der Waals surface area contributed by atoms with E-state index in [1.807, 2.05) is 0 Å². The second-order valence-electron chi connectivity index (χ2n) is 8.31. The number of amides is 3. The van der Waals surface area contributed by atoms with Gasteiger partial charge >= 0.3 is 12.0 Å². The highest BCUT2D eigenvalue weighted by Gasteiger charge is 2.56. The molecule has 2 atom stereocenters. The Bertz CT molecular complexity index is 813. The van der Waals surface area contributed by atoms with E-state index in [4.69, 9.17) is 16.3 Å². The molecule has 1 aromatic carbocycles. The third-order valence-corrected chi connectivity index (χ3v) is 5.82. The molecule has 1 saturated heterocycles. The number of urea groups is 1.